The van der Waals surface area contributed by atoms with Crippen LogP contribution in [0.4, 0.5) is 11.9 Å². The molecule has 1 fully saturated rings. The van der Waals surface area contributed by atoms with Gasteiger partial charge in [0.05, 0.1) is 10.9 Å². The van der Waals surface area contributed by atoms with Crippen LogP contribution in [0, 0.1) is 6.92 Å². The van der Waals surface area contributed by atoms with Crippen LogP contribution in [0.2, 0.25) is 0 Å². The van der Waals surface area contributed by atoms with E-state index in [0.717, 1.165) is 18.5 Å². The fraction of sp³-hybridized carbons (Fsp3) is 0.526. The van der Waals surface area contributed by atoms with Crippen LogP contribution >= 0.6 is 0 Å². The first-order chi connectivity index (χ1) is 13.7. The molecule has 1 saturated heterocycles. The maximum atomic E-state index is 13.0. The zero-order chi connectivity index (χ0) is 21.2. The van der Waals surface area contributed by atoms with Crippen LogP contribution in [-0.2, 0) is 10.0 Å². The summed E-state index contributed by atoms with van der Waals surface area (Å²) in [4.78, 5) is 17.3. The van der Waals surface area contributed by atoms with Crippen molar-refractivity contribution in [3.05, 3.63) is 35.7 Å². The van der Waals surface area contributed by atoms with Crippen LogP contribution in [0.3, 0.4) is 0 Å². The molecule has 29 heavy (non-hydrogen) atoms. The molecule has 0 saturated carbocycles. The van der Waals surface area contributed by atoms with Gasteiger partial charge in [0.15, 0.2) is 5.82 Å². The summed E-state index contributed by atoms with van der Waals surface area (Å²) in [5.74, 6) is 1.29. The number of nitrogens with two attached hydrogens (primary N) is 1. The zero-order valence-corrected chi connectivity index (χ0v) is 18.2. The summed E-state index contributed by atoms with van der Waals surface area (Å²) in [6.45, 7) is 6.21. The van der Waals surface area contributed by atoms with Crippen molar-refractivity contribution in [2.75, 3.05) is 50.9 Å². The molecule has 3 rings (SSSR count). The monoisotopic (exact) mass is 419 g/mol. The van der Waals surface area contributed by atoms with Crippen LogP contribution in [0.15, 0.2) is 29.2 Å². The molecule has 0 unspecified atom stereocenters. The largest absolute Gasteiger partial charge is 0.368 e. The molecule has 10 heteroatoms. The normalized spacial score (nSPS) is 17.7. The molecule has 2 heterocycles. The Labute approximate surface area is 172 Å². The first-order valence-corrected chi connectivity index (χ1v) is 11.1. The van der Waals surface area contributed by atoms with Crippen LogP contribution in [-0.4, -0.2) is 72.8 Å². The van der Waals surface area contributed by atoms with Gasteiger partial charge >= 0.3 is 0 Å². The molecule has 0 aliphatic carbocycles. The van der Waals surface area contributed by atoms with Gasteiger partial charge < -0.3 is 10.6 Å². The molecule has 0 amide bonds. The standard InChI is InChI=1S/C19H29N7O2S/c1-14-6-8-16(9-7-14)29(27,28)26-11-5-10-25(12-13-26)15(2)17-21-18(20)23-19(22-17)24(3)4/h6-9,15H,5,10-13H2,1-4H3,(H2,20,21,22,23)/t15-/m1/s1. The minimum atomic E-state index is -3.50. The van der Waals surface area contributed by atoms with E-state index >= 15 is 0 Å². The SMILES string of the molecule is Cc1ccc(S(=O)(=O)N2CCCN([C@H](C)c3nc(N)nc(N(C)C)n3)CC2)cc1. The lowest BCUT2D eigenvalue weighted by Crippen LogP contribution is -2.36. The summed E-state index contributed by atoms with van der Waals surface area (Å²) in [5, 5.41) is 0. The summed E-state index contributed by atoms with van der Waals surface area (Å²) in [5.41, 5.74) is 6.89. The van der Waals surface area contributed by atoms with Gasteiger partial charge in [0.25, 0.3) is 0 Å². The van der Waals surface area contributed by atoms with Crippen molar-refractivity contribution in [1.82, 2.24) is 24.2 Å². The minimum Gasteiger partial charge on any atom is -0.368 e. The molecule has 2 N–H and O–H groups in total. The number of aromatic nitrogens is 3. The lowest BCUT2D eigenvalue weighted by molar-refractivity contribution is 0.214. The van der Waals surface area contributed by atoms with E-state index in [1.54, 1.807) is 21.3 Å². The smallest absolute Gasteiger partial charge is 0.243 e. The summed E-state index contributed by atoms with van der Waals surface area (Å²) in [6, 6.07) is 6.90. The molecule has 0 bridgehead atoms. The Bertz CT molecular complexity index is 948. The van der Waals surface area contributed by atoms with Crippen molar-refractivity contribution in [2.24, 2.45) is 0 Å². The third kappa shape index (κ3) is 4.82. The Hall–Kier alpha value is -2.30. The van der Waals surface area contributed by atoms with Crippen molar-refractivity contribution in [2.45, 2.75) is 31.2 Å². The summed E-state index contributed by atoms with van der Waals surface area (Å²) in [6.07, 6.45) is 0.733. The highest BCUT2D eigenvalue weighted by atomic mass is 32.2. The maximum absolute atomic E-state index is 13.0. The molecule has 1 aliphatic rings. The topological polar surface area (TPSA) is 109 Å². The number of hydrogen-bond donors (Lipinski definition) is 1. The third-order valence-corrected chi connectivity index (χ3v) is 7.04. The minimum absolute atomic E-state index is 0.0963. The number of aryl methyl sites for hydroxylation is 1. The predicted octanol–water partition coefficient (Wildman–Crippen LogP) is 1.29. The van der Waals surface area contributed by atoms with E-state index in [4.69, 9.17) is 5.73 Å². The van der Waals surface area contributed by atoms with Gasteiger partial charge in [0.1, 0.15) is 0 Å². The number of sulfonamides is 1. The molecule has 1 aromatic heterocycles. The lowest BCUT2D eigenvalue weighted by atomic mass is 10.2. The van der Waals surface area contributed by atoms with Gasteiger partial charge in [-0.3, -0.25) is 4.90 Å². The highest BCUT2D eigenvalue weighted by Crippen LogP contribution is 2.23. The van der Waals surface area contributed by atoms with Gasteiger partial charge in [0.2, 0.25) is 21.9 Å². The molecule has 0 spiro atoms. The van der Waals surface area contributed by atoms with Gasteiger partial charge in [0, 0.05) is 40.3 Å². The Kier molecular flexibility index (Phi) is 6.35. The zero-order valence-electron chi connectivity index (χ0n) is 17.4. The number of rotatable bonds is 5. The second kappa shape index (κ2) is 8.60. The van der Waals surface area contributed by atoms with Gasteiger partial charge in [-0.1, -0.05) is 17.7 Å². The van der Waals surface area contributed by atoms with Crippen LogP contribution in [0.25, 0.3) is 0 Å². The first-order valence-electron chi connectivity index (χ1n) is 9.68. The van der Waals surface area contributed by atoms with Gasteiger partial charge in [-0.2, -0.15) is 19.3 Å². The lowest BCUT2D eigenvalue weighted by Gasteiger charge is -2.27. The fourth-order valence-electron chi connectivity index (χ4n) is 3.35. The summed E-state index contributed by atoms with van der Waals surface area (Å²) >= 11 is 0. The Morgan fingerprint density at radius 3 is 2.38 bits per heavy atom. The quantitative estimate of drug-likeness (QED) is 0.772. The molecular formula is C19H29N7O2S. The fourth-order valence-corrected chi connectivity index (χ4v) is 4.82. The van der Waals surface area contributed by atoms with E-state index in [9.17, 15) is 8.42 Å². The van der Waals surface area contributed by atoms with Crippen molar-refractivity contribution in [3.8, 4) is 0 Å². The van der Waals surface area contributed by atoms with Crippen molar-refractivity contribution >= 4 is 21.9 Å². The second-order valence-corrected chi connectivity index (χ2v) is 9.47. The number of nitrogens with zero attached hydrogens (tertiary/aromatic N) is 6. The van der Waals surface area contributed by atoms with Crippen molar-refractivity contribution in [3.63, 3.8) is 0 Å². The average Bonchev–Trinajstić information content (AvgIpc) is 2.94. The molecular weight excluding hydrogens is 390 g/mol. The van der Waals surface area contributed by atoms with E-state index in [2.05, 4.69) is 19.9 Å². The number of benzene rings is 1. The Morgan fingerprint density at radius 1 is 1.03 bits per heavy atom. The first kappa shape index (κ1) is 21.4. The summed E-state index contributed by atoms with van der Waals surface area (Å²) < 4.78 is 27.6. The molecule has 158 valence electrons. The van der Waals surface area contributed by atoms with E-state index in [1.807, 2.05) is 40.1 Å². The highest BCUT2D eigenvalue weighted by molar-refractivity contribution is 7.89. The maximum Gasteiger partial charge on any atom is 0.243 e. The second-order valence-electron chi connectivity index (χ2n) is 7.53. The van der Waals surface area contributed by atoms with E-state index < -0.39 is 10.0 Å². The van der Waals surface area contributed by atoms with Crippen molar-refractivity contribution in [1.29, 1.82) is 0 Å². The Morgan fingerprint density at radius 2 is 1.72 bits per heavy atom. The van der Waals surface area contributed by atoms with Crippen molar-refractivity contribution < 1.29 is 8.42 Å². The van der Waals surface area contributed by atoms with Crippen LogP contribution in [0.5, 0.6) is 0 Å². The van der Waals surface area contributed by atoms with E-state index in [-0.39, 0.29) is 12.0 Å². The van der Waals surface area contributed by atoms with Crippen LogP contribution in [0.1, 0.15) is 30.8 Å². The number of hydrogen-bond acceptors (Lipinski definition) is 8. The summed E-state index contributed by atoms with van der Waals surface area (Å²) in [7, 11) is 0.199. The van der Waals surface area contributed by atoms with E-state index in [1.165, 1.54) is 0 Å². The predicted molar refractivity (Wildman–Crippen MR) is 113 cm³/mol. The molecule has 1 aliphatic heterocycles. The molecule has 1 atom stereocenters. The highest BCUT2D eigenvalue weighted by Gasteiger charge is 2.29. The number of anilines is 2. The molecule has 2 aromatic rings. The molecule has 1 aromatic carbocycles. The molecule has 0 radical (unpaired) electrons. The van der Waals surface area contributed by atoms with Gasteiger partial charge in [-0.15, -0.1) is 0 Å². The van der Waals surface area contributed by atoms with Gasteiger partial charge in [-0.25, -0.2) is 8.42 Å². The number of nitrogen functional groups attached to an aromatic ring is 1. The van der Waals surface area contributed by atoms with Gasteiger partial charge in [-0.05, 0) is 32.4 Å². The van der Waals surface area contributed by atoms with E-state index in [0.29, 0.717) is 36.3 Å². The average molecular weight is 420 g/mol. The molecule has 9 nitrogen and oxygen atoms in total. The Balaban J connectivity index is 1.75. The van der Waals surface area contributed by atoms with Crippen LogP contribution < -0.4 is 10.6 Å². The third-order valence-electron chi connectivity index (χ3n) is 5.13.